The maximum Gasteiger partial charge on any atom is 0.282 e. The maximum atomic E-state index is 13.9. The molecule has 2 amide bonds. The predicted octanol–water partition coefficient (Wildman–Crippen LogP) is 4.07. The van der Waals surface area contributed by atoms with Gasteiger partial charge in [-0.15, -0.1) is 0 Å². The van der Waals surface area contributed by atoms with Gasteiger partial charge in [0, 0.05) is 31.9 Å². The van der Waals surface area contributed by atoms with Gasteiger partial charge in [0.05, 0.1) is 11.3 Å². The Morgan fingerprint density at radius 1 is 0.606 bits per heavy atom. The second kappa shape index (κ2) is 8.50. The number of carbonyl (C=O) groups is 2. The van der Waals surface area contributed by atoms with Gasteiger partial charge in [0.25, 0.3) is 11.8 Å². The van der Waals surface area contributed by atoms with E-state index in [0.717, 1.165) is 16.7 Å². The predicted molar refractivity (Wildman–Crippen MR) is 122 cm³/mol. The molecule has 166 valence electrons. The van der Waals surface area contributed by atoms with Crippen LogP contribution in [0.15, 0.2) is 84.6 Å². The van der Waals surface area contributed by atoms with Crippen LogP contribution < -0.4 is 9.80 Å². The Kier molecular flexibility index (Phi) is 5.38. The summed E-state index contributed by atoms with van der Waals surface area (Å²) in [5, 5.41) is 0. The summed E-state index contributed by atoms with van der Waals surface area (Å²) in [6, 6.07) is 20.9. The Balaban J connectivity index is 1.51. The molecule has 3 aromatic rings. The number of carbonyl (C=O) groups excluding carboxylic acids is 2. The third-order valence-electron chi connectivity index (χ3n) is 5.98. The smallest absolute Gasteiger partial charge is 0.282 e. The molecular formula is C26H21F2N3O2. The van der Waals surface area contributed by atoms with E-state index in [0.29, 0.717) is 31.7 Å². The fraction of sp³-hybridized carbons (Fsp3) is 0.154. The normalized spacial score (nSPS) is 16.7. The molecule has 2 heterocycles. The number of halogens is 2. The molecule has 0 saturated carbocycles. The number of anilines is 2. The molecule has 3 aromatic carbocycles. The quantitative estimate of drug-likeness (QED) is 0.568. The molecule has 0 atom stereocenters. The largest absolute Gasteiger partial charge is 0.368 e. The van der Waals surface area contributed by atoms with E-state index in [-0.39, 0.29) is 17.0 Å². The third kappa shape index (κ3) is 3.86. The van der Waals surface area contributed by atoms with Crippen LogP contribution in [0, 0.1) is 11.6 Å². The van der Waals surface area contributed by atoms with Gasteiger partial charge in [-0.25, -0.2) is 13.7 Å². The molecule has 0 spiro atoms. The highest BCUT2D eigenvalue weighted by atomic mass is 19.1. The van der Waals surface area contributed by atoms with Crippen molar-refractivity contribution >= 4 is 28.8 Å². The lowest BCUT2D eigenvalue weighted by atomic mass is 10.0. The molecule has 0 unspecified atom stereocenters. The van der Waals surface area contributed by atoms with Crippen molar-refractivity contribution in [3.63, 3.8) is 0 Å². The number of amides is 2. The summed E-state index contributed by atoms with van der Waals surface area (Å²) in [5.41, 5.74) is 2.19. The summed E-state index contributed by atoms with van der Waals surface area (Å²) in [4.78, 5) is 32.1. The molecule has 1 fully saturated rings. The fourth-order valence-corrected chi connectivity index (χ4v) is 4.37. The number of hydrogen-bond acceptors (Lipinski definition) is 4. The number of piperazine rings is 1. The number of rotatable bonds is 4. The molecule has 0 aliphatic carbocycles. The van der Waals surface area contributed by atoms with Crippen molar-refractivity contribution in [2.75, 3.05) is 36.0 Å². The lowest BCUT2D eigenvalue weighted by Gasteiger charge is -2.37. The molecule has 0 radical (unpaired) electrons. The van der Waals surface area contributed by atoms with Crippen molar-refractivity contribution in [1.29, 1.82) is 0 Å². The summed E-state index contributed by atoms with van der Waals surface area (Å²) in [6.45, 7) is 2.41. The molecule has 1 saturated heterocycles. The van der Waals surface area contributed by atoms with E-state index >= 15 is 0 Å². The van der Waals surface area contributed by atoms with Gasteiger partial charge < -0.3 is 9.80 Å². The van der Waals surface area contributed by atoms with E-state index in [1.165, 1.54) is 42.5 Å². The minimum atomic E-state index is -0.544. The van der Waals surface area contributed by atoms with Crippen LogP contribution in [0.2, 0.25) is 0 Å². The minimum absolute atomic E-state index is 0.169. The van der Waals surface area contributed by atoms with Crippen molar-refractivity contribution < 1.29 is 18.4 Å². The van der Waals surface area contributed by atoms with Gasteiger partial charge in [-0.05, 0) is 48.0 Å². The first-order valence-electron chi connectivity index (χ1n) is 10.7. The number of imide groups is 1. The second-order valence-corrected chi connectivity index (χ2v) is 7.97. The van der Waals surface area contributed by atoms with E-state index in [9.17, 15) is 18.4 Å². The van der Waals surface area contributed by atoms with Crippen molar-refractivity contribution in [3.8, 4) is 0 Å². The lowest BCUT2D eigenvalue weighted by molar-refractivity contribution is -0.120. The Bertz CT molecular complexity index is 1230. The van der Waals surface area contributed by atoms with Crippen LogP contribution in [0.3, 0.4) is 0 Å². The van der Waals surface area contributed by atoms with Crippen molar-refractivity contribution in [2.45, 2.75) is 0 Å². The lowest BCUT2D eigenvalue weighted by Crippen LogP contribution is -2.47. The zero-order chi connectivity index (χ0) is 22.9. The van der Waals surface area contributed by atoms with Gasteiger partial charge in [-0.1, -0.05) is 36.4 Å². The third-order valence-corrected chi connectivity index (χ3v) is 5.98. The fourth-order valence-electron chi connectivity index (χ4n) is 4.37. The van der Waals surface area contributed by atoms with E-state index < -0.39 is 23.4 Å². The Morgan fingerprint density at radius 3 is 1.91 bits per heavy atom. The molecule has 33 heavy (non-hydrogen) atoms. The number of para-hydroxylation sites is 1. The summed E-state index contributed by atoms with van der Waals surface area (Å²) in [7, 11) is 0. The average molecular weight is 445 g/mol. The molecule has 7 heteroatoms. The molecule has 5 nitrogen and oxygen atoms in total. The van der Waals surface area contributed by atoms with Gasteiger partial charge in [-0.2, -0.15) is 0 Å². The zero-order valence-corrected chi connectivity index (χ0v) is 17.7. The standard InChI is InChI=1S/C26H21F2N3O2/c27-19-11-9-18(10-12-19)23-24(26(33)31(25(23)32)22-8-4-5-20(28)17-22)30-15-13-29(14-16-30)21-6-2-1-3-7-21/h1-12,17H,13-16H2. The minimum Gasteiger partial charge on any atom is -0.368 e. The monoisotopic (exact) mass is 445 g/mol. The zero-order valence-electron chi connectivity index (χ0n) is 17.7. The van der Waals surface area contributed by atoms with Crippen LogP contribution in [-0.2, 0) is 9.59 Å². The van der Waals surface area contributed by atoms with E-state index in [1.807, 2.05) is 35.2 Å². The van der Waals surface area contributed by atoms with Crippen LogP contribution in [0.5, 0.6) is 0 Å². The van der Waals surface area contributed by atoms with Gasteiger partial charge >= 0.3 is 0 Å². The average Bonchev–Trinajstić information content (AvgIpc) is 3.10. The summed E-state index contributed by atoms with van der Waals surface area (Å²) in [5.74, 6) is -2.02. The van der Waals surface area contributed by atoms with Crippen LogP contribution >= 0.6 is 0 Å². The van der Waals surface area contributed by atoms with E-state index in [2.05, 4.69) is 4.90 Å². The molecule has 0 aromatic heterocycles. The number of benzene rings is 3. The summed E-state index contributed by atoms with van der Waals surface area (Å²) < 4.78 is 27.4. The molecule has 2 aliphatic rings. The van der Waals surface area contributed by atoms with Crippen LogP contribution in [-0.4, -0.2) is 42.9 Å². The molecule has 2 aliphatic heterocycles. The Hall–Kier alpha value is -4.00. The first kappa shape index (κ1) is 20.9. The number of nitrogens with zero attached hydrogens (tertiary/aromatic N) is 3. The maximum absolute atomic E-state index is 13.9. The van der Waals surface area contributed by atoms with Gasteiger partial charge in [0.1, 0.15) is 17.3 Å². The van der Waals surface area contributed by atoms with Crippen LogP contribution in [0.4, 0.5) is 20.2 Å². The molecular weight excluding hydrogens is 424 g/mol. The highest BCUT2D eigenvalue weighted by molar-refractivity contribution is 6.45. The highest BCUT2D eigenvalue weighted by Crippen LogP contribution is 2.35. The Labute approximate surface area is 190 Å². The SMILES string of the molecule is O=C1C(c2ccc(F)cc2)=C(N2CCN(c3ccccc3)CC2)C(=O)N1c1cccc(F)c1. The van der Waals surface area contributed by atoms with Gasteiger partial charge in [0.15, 0.2) is 0 Å². The van der Waals surface area contributed by atoms with Crippen molar-refractivity contribution in [2.24, 2.45) is 0 Å². The number of hydrogen-bond donors (Lipinski definition) is 0. The van der Waals surface area contributed by atoms with Gasteiger partial charge in [0.2, 0.25) is 0 Å². The van der Waals surface area contributed by atoms with E-state index in [1.54, 1.807) is 0 Å². The van der Waals surface area contributed by atoms with Crippen LogP contribution in [0.25, 0.3) is 5.57 Å². The molecule has 5 rings (SSSR count). The summed E-state index contributed by atoms with van der Waals surface area (Å²) in [6.07, 6.45) is 0. The van der Waals surface area contributed by atoms with Crippen molar-refractivity contribution in [3.05, 3.63) is 102 Å². The molecule has 0 N–H and O–H groups in total. The van der Waals surface area contributed by atoms with Crippen molar-refractivity contribution in [1.82, 2.24) is 4.90 Å². The van der Waals surface area contributed by atoms with E-state index in [4.69, 9.17) is 0 Å². The molecule has 0 bridgehead atoms. The second-order valence-electron chi connectivity index (χ2n) is 7.97. The van der Waals surface area contributed by atoms with Crippen LogP contribution in [0.1, 0.15) is 5.56 Å². The Morgan fingerprint density at radius 2 is 1.24 bits per heavy atom. The topological polar surface area (TPSA) is 43.9 Å². The van der Waals surface area contributed by atoms with Gasteiger partial charge in [-0.3, -0.25) is 9.59 Å². The summed E-state index contributed by atoms with van der Waals surface area (Å²) >= 11 is 0. The first-order valence-corrected chi connectivity index (χ1v) is 10.7. The highest BCUT2D eigenvalue weighted by Gasteiger charge is 2.43. The first-order chi connectivity index (χ1) is 16.0.